The summed E-state index contributed by atoms with van der Waals surface area (Å²) in [7, 11) is 1.62. The molecule has 0 amide bonds. The summed E-state index contributed by atoms with van der Waals surface area (Å²) in [6, 6.07) is 11.5. The number of amidine groups is 1. The van der Waals surface area contributed by atoms with E-state index in [1.165, 1.54) is 16.3 Å². The van der Waals surface area contributed by atoms with Crippen LogP contribution in [-0.2, 0) is 10.8 Å². The Morgan fingerprint density at radius 3 is 2.16 bits per heavy atom. The Hall–Kier alpha value is -3.65. The van der Waals surface area contributed by atoms with E-state index in [0.717, 1.165) is 33.7 Å². The van der Waals surface area contributed by atoms with Gasteiger partial charge in [0.2, 0.25) is 0 Å². The number of aliphatic hydroxyl groups excluding tert-OH is 1. The molecular formula is C29H34N4O3S. The lowest BCUT2D eigenvalue weighted by molar-refractivity contribution is 0.358. The minimum atomic E-state index is -0.256. The van der Waals surface area contributed by atoms with Crippen LogP contribution in [0, 0.1) is 5.41 Å². The zero-order valence-electron chi connectivity index (χ0n) is 22.4. The van der Waals surface area contributed by atoms with Gasteiger partial charge in [-0.1, -0.05) is 41.5 Å². The average molecular weight is 519 g/mol. The number of aromatic hydroxyl groups is 1. The van der Waals surface area contributed by atoms with Gasteiger partial charge in [0.05, 0.1) is 24.6 Å². The number of rotatable bonds is 5. The van der Waals surface area contributed by atoms with Gasteiger partial charge in [-0.3, -0.25) is 5.41 Å². The van der Waals surface area contributed by atoms with E-state index in [-0.39, 0.29) is 29.0 Å². The molecule has 0 radical (unpaired) electrons. The molecule has 0 saturated carbocycles. The molecule has 0 bridgehead atoms. The number of phenolic OH excluding ortho intramolecular Hbond substituents is 1. The highest BCUT2D eigenvalue weighted by Crippen LogP contribution is 2.39. The molecule has 0 atom stereocenters. The van der Waals surface area contributed by atoms with Gasteiger partial charge in [-0.2, -0.15) is 5.10 Å². The number of nitrogens with one attached hydrogen (secondary N) is 1. The lowest BCUT2D eigenvalue weighted by Gasteiger charge is -2.27. The summed E-state index contributed by atoms with van der Waals surface area (Å²) in [4.78, 5) is 4.67. The number of aliphatic hydroxyl groups is 1. The second-order valence-electron chi connectivity index (χ2n) is 11.2. The summed E-state index contributed by atoms with van der Waals surface area (Å²) >= 11 is 1.38. The number of benzene rings is 2. The Morgan fingerprint density at radius 2 is 1.62 bits per heavy atom. The summed E-state index contributed by atoms with van der Waals surface area (Å²) in [5, 5.41) is 38.8. The maximum absolute atomic E-state index is 11.0. The SMILES string of the molecule is COc1ccc(-c2csc(C3=C(O)CN(/N=C\c4cc(C(C)(C)C)c(O)c(C(C)(C)C)c4)C3=N)n2)cc1. The molecule has 4 rings (SSSR count). The zero-order valence-corrected chi connectivity index (χ0v) is 23.2. The fourth-order valence-corrected chi connectivity index (χ4v) is 5.08. The smallest absolute Gasteiger partial charge is 0.155 e. The van der Waals surface area contributed by atoms with Crippen LogP contribution in [0.3, 0.4) is 0 Å². The van der Waals surface area contributed by atoms with Crippen molar-refractivity contribution in [3.63, 3.8) is 0 Å². The van der Waals surface area contributed by atoms with Gasteiger partial charge in [-0.15, -0.1) is 11.3 Å². The summed E-state index contributed by atoms with van der Waals surface area (Å²) in [5.74, 6) is 1.23. The van der Waals surface area contributed by atoms with E-state index in [2.05, 4.69) is 51.6 Å². The van der Waals surface area contributed by atoms with Crippen molar-refractivity contribution in [2.75, 3.05) is 13.7 Å². The summed E-state index contributed by atoms with van der Waals surface area (Å²) < 4.78 is 5.22. The molecule has 3 aromatic rings. The number of phenols is 1. The highest BCUT2D eigenvalue weighted by Gasteiger charge is 2.31. The van der Waals surface area contributed by atoms with Gasteiger partial charge in [-0.05, 0) is 52.8 Å². The van der Waals surface area contributed by atoms with Crippen LogP contribution in [0.4, 0.5) is 0 Å². The Kier molecular flexibility index (Phi) is 6.90. The summed E-state index contributed by atoms with van der Waals surface area (Å²) in [6.45, 7) is 12.5. The molecule has 1 aromatic heterocycles. The second-order valence-corrected chi connectivity index (χ2v) is 12.1. The first-order valence-corrected chi connectivity index (χ1v) is 13.0. The van der Waals surface area contributed by atoms with E-state index in [1.54, 1.807) is 13.3 Å². The van der Waals surface area contributed by atoms with E-state index in [4.69, 9.17) is 10.1 Å². The monoisotopic (exact) mass is 518 g/mol. The predicted molar refractivity (Wildman–Crippen MR) is 151 cm³/mol. The first-order chi connectivity index (χ1) is 17.3. The lowest BCUT2D eigenvalue weighted by Crippen LogP contribution is -2.21. The first kappa shape index (κ1) is 26.4. The van der Waals surface area contributed by atoms with Crippen molar-refractivity contribution in [3.05, 3.63) is 69.2 Å². The van der Waals surface area contributed by atoms with Gasteiger partial charge in [0.15, 0.2) is 5.84 Å². The molecule has 194 valence electrons. The molecule has 8 heteroatoms. The number of ether oxygens (including phenoxy) is 1. The van der Waals surface area contributed by atoms with Crippen molar-refractivity contribution in [1.29, 1.82) is 5.41 Å². The highest BCUT2D eigenvalue weighted by molar-refractivity contribution is 7.11. The van der Waals surface area contributed by atoms with Crippen LogP contribution in [0.25, 0.3) is 16.8 Å². The molecular weight excluding hydrogens is 484 g/mol. The van der Waals surface area contributed by atoms with Crippen molar-refractivity contribution < 1.29 is 14.9 Å². The molecule has 0 spiro atoms. The Balaban J connectivity index is 1.59. The third-order valence-electron chi connectivity index (χ3n) is 6.28. The maximum Gasteiger partial charge on any atom is 0.155 e. The lowest BCUT2D eigenvalue weighted by atomic mass is 9.78. The Labute approximate surface area is 222 Å². The van der Waals surface area contributed by atoms with Gasteiger partial charge in [0.1, 0.15) is 28.8 Å². The van der Waals surface area contributed by atoms with Crippen LogP contribution in [0.1, 0.15) is 63.2 Å². The Morgan fingerprint density at radius 1 is 1.03 bits per heavy atom. The minimum Gasteiger partial charge on any atom is -0.509 e. The fourth-order valence-electron chi connectivity index (χ4n) is 4.18. The topological polar surface area (TPSA) is 102 Å². The van der Waals surface area contributed by atoms with Crippen LogP contribution in [0.5, 0.6) is 11.5 Å². The van der Waals surface area contributed by atoms with Crippen molar-refractivity contribution in [2.24, 2.45) is 5.10 Å². The van der Waals surface area contributed by atoms with Crippen molar-refractivity contribution in [1.82, 2.24) is 9.99 Å². The minimum absolute atomic E-state index is 0.0641. The zero-order chi connectivity index (χ0) is 27.1. The molecule has 7 nitrogen and oxygen atoms in total. The van der Waals surface area contributed by atoms with Crippen molar-refractivity contribution >= 4 is 29.0 Å². The number of methoxy groups -OCH3 is 1. The molecule has 2 aromatic carbocycles. The van der Waals surface area contributed by atoms with Crippen LogP contribution in [0.2, 0.25) is 0 Å². The molecule has 3 N–H and O–H groups in total. The van der Waals surface area contributed by atoms with Gasteiger partial charge >= 0.3 is 0 Å². The highest BCUT2D eigenvalue weighted by atomic mass is 32.1. The standard InChI is InChI=1S/C29H34N4O3S/c1-28(2,3)20-12-17(13-21(25(20)35)29(4,5)6)14-31-33-15-23(34)24(26(33)30)27-32-22(16-37-27)18-8-10-19(36-7)11-9-18/h8-14,16,30,34-35H,15H2,1-7H3/b30-26?,31-14-. The summed E-state index contributed by atoms with van der Waals surface area (Å²) in [6.07, 6.45) is 1.68. The Bertz CT molecular complexity index is 1350. The third kappa shape index (κ3) is 5.39. The largest absolute Gasteiger partial charge is 0.509 e. The summed E-state index contributed by atoms with van der Waals surface area (Å²) in [5.41, 5.74) is 4.08. The van der Waals surface area contributed by atoms with Crippen LogP contribution >= 0.6 is 11.3 Å². The van der Waals surface area contributed by atoms with E-state index >= 15 is 0 Å². The van der Waals surface area contributed by atoms with Gasteiger partial charge < -0.3 is 14.9 Å². The van der Waals surface area contributed by atoms with E-state index in [0.29, 0.717) is 16.3 Å². The number of hydrogen-bond donors (Lipinski definition) is 3. The molecule has 0 saturated heterocycles. The number of hydrazone groups is 1. The van der Waals surface area contributed by atoms with Crippen LogP contribution < -0.4 is 4.74 Å². The normalized spacial score (nSPS) is 14.8. The number of hydrogen-bond acceptors (Lipinski definition) is 7. The van der Waals surface area contributed by atoms with E-state index in [1.807, 2.05) is 41.8 Å². The molecule has 2 heterocycles. The van der Waals surface area contributed by atoms with Crippen LogP contribution in [0.15, 0.2) is 52.6 Å². The number of thiazole rings is 1. The molecule has 0 unspecified atom stereocenters. The maximum atomic E-state index is 11.0. The quantitative estimate of drug-likeness (QED) is 0.326. The second kappa shape index (κ2) is 9.67. The number of aromatic nitrogens is 1. The third-order valence-corrected chi connectivity index (χ3v) is 7.14. The fraction of sp³-hybridized carbons (Fsp3) is 0.345. The molecule has 37 heavy (non-hydrogen) atoms. The molecule has 0 aliphatic carbocycles. The first-order valence-electron chi connectivity index (χ1n) is 12.1. The van der Waals surface area contributed by atoms with Gasteiger partial charge in [0, 0.05) is 22.1 Å². The van der Waals surface area contributed by atoms with E-state index < -0.39 is 0 Å². The van der Waals surface area contributed by atoms with Crippen molar-refractivity contribution in [3.8, 4) is 22.8 Å². The van der Waals surface area contributed by atoms with Crippen LogP contribution in [-0.4, -0.2) is 45.9 Å². The molecule has 1 aliphatic rings. The average Bonchev–Trinajstić information content (AvgIpc) is 3.40. The van der Waals surface area contributed by atoms with Gasteiger partial charge in [-0.25, -0.2) is 9.99 Å². The van der Waals surface area contributed by atoms with Crippen molar-refractivity contribution in [2.45, 2.75) is 52.4 Å². The van der Waals surface area contributed by atoms with E-state index in [9.17, 15) is 10.2 Å². The molecule has 1 aliphatic heterocycles. The van der Waals surface area contributed by atoms with Gasteiger partial charge in [0.25, 0.3) is 0 Å². The number of nitrogens with zero attached hydrogens (tertiary/aromatic N) is 3. The molecule has 0 fully saturated rings. The predicted octanol–water partition coefficient (Wildman–Crippen LogP) is 6.72.